The van der Waals surface area contributed by atoms with Crippen LogP contribution in [0.1, 0.15) is 29.5 Å². The number of hydrogen-bond donors (Lipinski definition) is 3. The van der Waals surface area contributed by atoms with Crippen molar-refractivity contribution < 1.29 is 4.79 Å². The Kier molecular flexibility index (Phi) is 3.23. The van der Waals surface area contributed by atoms with Gasteiger partial charge in [-0.1, -0.05) is 0 Å². The van der Waals surface area contributed by atoms with Gasteiger partial charge in [0.05, 0.1) is 17.9 Å². The van der Waals surface area contributed by atoms with E-state index in [0.29, 0.717) is 11.7 Å². The van der Waals surface area contributed by atoms with Gasteiger partial charge in [0.2, 0.25) is 5.82 Å². The van der Waals surface area contributed by atoms with Gasteiger partial charge in [-0.15, -0.1) is 0 Å². The highest BCUT2D eigenvalue weighted by atomic mass is 16.2. The van der Waals surface area contributed by atoms with E-state index < -0.39 is 0 Å². The van der Waals surface area contributed by atoms with Gasteiger partial charge in [0.15, 0.2) is 0 Å². The molecule has 0 spiro atoms. The molecule has 2 aromatic heterocycles. The molecule has 0 saturated carbocycles. The topological polar surface area (TPSA) is 101 Å². The maximum Gasteiger partial charge on any atom is 0.293 e. The van der Waals surface area contributed by atoms with E-state index in [1.807, 2.05) is 10.9 Å². The van der Waals surface area contributed by atoms with Crippen molar-refractivity contribution >= 4 is 11.6 Å². The molecule has 0 aliphatic carbocycles. The quantitative estimate of drug-likeness (QED) is 0.731. The Balaban J connectivity index is 1.66. The Hall–Kier alpha value is -2.22. The van der Waals surface area contributed by atoms with Crippen molar-refractivity contribution in [2.75, 3.05) is 18.4 Å². The second-order valence-electron chi connectivity index (χ2n) is 4.48. The number of nitrogens with zero attached hydrogens (tertiary/aromatic N) is 4. The second kappa shape index (κ2) is 5.19. The molecule has 8 heteroatoms. The predicted octanol–water partition coefficient (Wildman–Crippen LogP) is 0.178. The normalized spacial score (nSPS) is 16.4. The third-order valence-electron chi connectivity index (χ3n) is 3.17. The first kappa shape index (κ1) is 11.8. The van der Waals surface area contributed by atoms with Crippen LogP contribution >= 0.6 is 0 Å². The minimum atomic E-state index is -0.317. The van der Waals surface area contributed by atoms with Gasteiger partial charge < -0.3 is 10.6 Å². The number of nitrogens with one attached hydrogen (secondary N) is 3. The fourth-order valence-electron chi connectivity index (χ4n) is 2.18. The third-order valence-corrected chi connectivity index (χ3v) is 3.17. The second-order valence-corrected chi connectivity index (χ2v) is 4.48. The summed E-state index contributed by atoms with van der Waals surface area (Å²) in [7, 11) is 0. The Labute approximate surface area is 109 Å². The summed E-state index contributed by atoms with van der Waals surface area (Å²) in [5, 5.41) is 16.5. The molecule has 0 unspecified atom stereocenters. The third kappa shape index (κ3) is 2.63. The van der Waals surface area contributed by atoms with Crippen LogP contribution < -0.4 is 10.6 Å². The highest BCUT2D eigenvalue weighted by Crippen LogP contribution is 2.19. The van der Waals surface area contributed by atoms with E-state index in [1.165, 1.54) is 6.33 Å². The minimum absolute atomic E-state index is 0.189. The van der Waals surface area contributed by atoms with Crippen LogP contribution in [0.25, 0.3) is 0 Å². The largest absolute Gasteiger partial charge is 0.317 e. The van der Waals surface area contributed by atoms with E-state index in [9.17, 15) is 4.79 Å². The lowest BCUT2D eigenvalue weighted by atomic mass is 10.1. The van der Waals surface area contributed by atoms with Crippen molar-refractivity contribution in [2.45, 2.75) is 18.9 Å². The molecule has 0 bridgehead atoms. The first-order valence-electron chi connectivity index (χ1n) is 6.24. The van der Waals surface area contributed by atoms with E-state index in [4.69, 9.17) is 0 Å². The number of aromatic amines is 1. The molecule has 19 heavy (non-hydrogen) atoms. The number of carbonyl (C=O) groups excluding carboxylic acids is 1. The molecule has 1 saturated heterocycles. The Morgan fingerprint density at radius 3 is 3.00 bits per heavy atom. The molecule has 3 heterocycles. The maximum atomic E-state index is 11.8. The highest BCUT2D eigenvalue weighted by molar-refractivity contribution is 6.01. The van der Waals surface area contributed by atoms with Crippen LogP contribution in [-0.4, -0.2) is 44.0 Å². The minimum Gasteiger partial charge on any atom is -0.317 e. The molecule has 100 valence electrons. The average Bonchev–Trinajstić information content (AvgIpc) is 3.11. The molecule has 0 radical (unpaired) electrons. The summed E-state index contributed by atoms with van der Waals surface area (Å²) in [6.07, 6.45) is 6.91. The van der Waals surface area contributed by atoms with E-state index in [-0.39, 0.29) is 11.7 Å². The lowest BCUT2D eigenvalue weighted by Crippen LogP contribution is -2.29. The van der Waals surface area contributed by atoms with Crippen LogP contribution in [0.3, 0.4) is 0 Å². The Bertz CT molecular complexity index is 541. The Morgan fingerprint density at radius 1 is 1.42 bits per heavy atom. The predicted molar refractivity (Wildman–Crippen MR) is 67.7 cm³/mol. The van der Waals surface area contributed by atoms with Crippen molar-refractivity contribution in [3.63, 3.8) is 0 Å². The number of rotatable bonds is 3. The van der Waals surface area contributed by atoms with Gasteiger partial charge in [-0.3, -0.25) is 14.6 Å². The first-order chi connectivity index (χ1) is 9.33. The van der Waals surface area contributed by atoms with Gasteiger partial charge in [-0.05, 0) is 25.9 Å². The summed E-state index contributed by atoms with van der Waals surface area (Å²) in [6.45, 7) is 2.01. The maximum absolute atomic E-state index is 11.8. The average molecular weight is 261 g/mol. The smallest absolute Gasteiger partial charge is 0.293 e. The van der Waals surface area contributed by atoms with Gasteiger partial charge in [0.25, 0.3) is 5.91 Å². The molecule has 1 fully saturated rings. The highest BCUT2D eigenvalue weighted by Gasteiger charge is 2.16. The van der Waals surface area contributed by atoms with Gasteiger partial charge in [-0.2, -0.15) is 10.2 Å². The number of aromatic nitrogens is 5. The number of piperidine rings is 1. The lowest BCUT2D eigenvalue weighted by molar-refractivity contribution is 0.101. The van der Waals surface area contributed by atoms with Gasteiger partial charge >= 0.3 is 0 Å². The molecular weight excluding hydrogens is 246 g/mol. The Morgan fingerprint density at radius 2 is 2.26 bits per heavy atom. The summed E-state index contributed by atoms with van der Waals surface area (Å²) in [5.74, 6) is -0.128. The van der Waals surface area contributed by atoms with E-state index in [1.54, 1.807) is 6.20 Å². The number of amides is 1. The zero-order chi connectivity index (χ0) is 13.1. The van der Waals surface area contributed by atoms with Crippen LogP contribution in [0.2, 0.25) is 0 Å². The van der Waals surface area contributed by atoms with Crippen LogP contribution in [-0.2, 0) is 0 Å². The molecule has 0 aromatic carbocycles. The van der Waals surface area contributed by atoms with Crippen LogP contribution in [0.5, 0.6) is 0 Å². The van der Waals surface area contributed by atoms with E-state index in [2.05, 4.69) is 30.9 Å². The number of anilines is 1. The van der Waals surface area contributed by atoms with E-state index >= 15 is 0 Å². The van der Waals surface area contributed by atoms with Gasteiger partial charge in [0, 0.05) is 6.20 Å². The van der Waals surface area contributed by atoms with Crippen LogP contribution in [0.4, 0.5) is 5.69 Å². The van der Waals surface area contributed by atoms with Crippen LogP contribution in [0, 0.1) is 0 Å². The van der Waals surface area contributed by atoms with Crippen molar-refractivity contribution in [3.8, 4) is 0 Å². The standard InChI is InChI=1S/C11H15N7O/c19-11(10-13-7-14-17-10)16-8-5-15-18(6-8)9-1-3-12-4-2-9/h5-7,9,12H,1-4H2,(H,16,19)(H,13,14,17). The van der Waals surface area contributed by atoms with Crippen molar-refractivity contribution in [1.82, 2.24) is 30.3 Å². The molecule has 2 aromatic rings. The molecule has 1 aliphatic heterocycles. The number of H-pyrrole nitrogens is 1. The van der Waals surface area contributed by atoms with E-state index in [0.717, 1.165) is 25.9 Å². The number of hydrogen-bond acceptors (Lipinski definition) is 5. The molecule has 1 amide bonds. The molecule has 3 rings (SSSR count). The molecule has 8 nitrogen and oxygen atoms in total. The zero-order valence-corrected chi connectivity index (χ0v) is 10.3. The molecule has 1 aliphatic rings. The van der Waals surface area contributed by atoms with Crippen LogP contribution in [0.15, 0.2) is 18.7 Å². The lowest BCUT2D eigenvalue weighted by Gasteiger charge is -2.22. The van der Waals surface area contributed by atoms with Crippen molar-refractivity contribution in [3.05, 3.63) is 24.5 Å². The zero-order valence-electron chi connectivity index (χ0n) is 10.3. The summed E-state index contributed by atoms with van der Waals surface area (Å²) in [5.41, 5.74) is 0.667. The van der Waals surface area contributed by atoms with Gasteiger partial charge in [-0.25, -0.2) is 4.98 Å². The molecule has 0 atom stereocenters. The monoisotopic (exact) mass is 261 g/mol. The summed E-state index contributed by atoms with van der Waals surface area (Å²) >= 11 is 0. The fraction of sp³-hybridized carbons (Fsp3) is 0.455. The summed E-state index contributed by atoms with van der Waals surface area (Å²) in [6, 6.07) is 0.400. The first-order valence-corrected chi connectivity index (χ1v) is 6.24. The SMILES string of the molecule is O=C(Nc1cnn(C2CCNCC2)c1)c1ncn[nH]1. The van der Waals surface area contributed by atoms with Gasteiger partial charge in [0.1, 0.15) is 6.33 Å². The fourth-order valence-corrected chi connectivity index (χ4v) is 2.18. The summed E-state index contributed by atoms with van der Waals surface area (Å²) < 4.78 is 1.91. The number of carbonyl (C=O) groups is 1. The summed E-state index contributed by atoms with van der Waals surface area (Å²) in [4.78, 5) is 15.6. The van der Waals surface area contributed by atoms with Crippen molar-refractivity contribution in [2.24, 2.45) is 0 Å². The molecule has 3 N–H and O–H groups in total. The van der Waals surface area contributed by atoms with Crippen molar-refractivity contribution in [1.29, 1.82) is 0 Å². The molecular formula is C11H15N7O.